The van der Waals surface area contributed by atoms with Gasteiger partial charge in [-0.05, 0) is 24.7 Å². The molecular formula is C14H21NOS2. The Balaban J connectivity index is 2.15. The highest BCUT2D eigenvalue weighted by molar-refractivity contribution is 8.07. The molecule has 1 aliphatic rings. The summed E-state index contributed by atoms with van der Waals surface area (Å²) in [7, 11) is 3.77. The Bertz CT molecular complexity index is 369. The Kier molecular flexibility index (Phi) is 5.27. The van der Waals surface area contributed by atoms with Crippen LogP contribution in [0, 0.1) is 0 Å². The third-order valence-corrected chi connectivity index (χ3v) is 6.55. The van der Waals surface area contributed by atoms with Gasteiger partial charge < -0.3 is 10.1 Å². The van der Waals surface area contributed by atoms with Crippen molar-refractivity contribution in [2.75, 3.05) is 25.7 Å². The fraction of sp³-hybridized carbons (Fsp3) is 0.571. The highest BCUT2D eigenvalue weighted by Gasteiger charge is 2.30. The zero-order chi connectivity index (χ0) is 13.0. The van der Waals surface area contributed by atoms with Crippen LogP contribution in [0.25, 0.3) is 0 Å². The molecular weight excluding hydrogens is 262 g/mol. The predicted molar refractivity (Wildman–Crippen MR) is 83.0 cm³/mol. The standard InChI is InChI=1S/C14H21NOS2/c1-10-14(18-9-8-17-10)13(15-2)11-4-6-12(16-3)7-5-11/h4-7,10,13-15H,8-9H2,1-3H3. The number of thioether (sulfide) groups is 2. The summed E-state index contributed by atoms with van der Waals surface area (Å²) in [6.45, 7) is 2.34. The molecule has 2 nitrogen and oxygen atoms in total. The molecule has 0 bridgehead atoms. The van der Waals surface area contributed by atoms with E-state index in [0.29, 0.717) is 16.5 Å². The third-order valence-electron chi connectivity index (χ3n) is 3.35. The van der Waals surface area contributed by atoms with Crippen LogP contribution in [0.2, 0.25) is 0 Å². The van der Waals surface area contributed by atoms with Crippen molar-refractivity contribution in [3.05, 3.63) is 29.8 Å². The second-order valence-electron chi connectivity index (χ2n) is 4.45. The summed E-state index contributed by atoms with van der Waals surface area (Å²) in [4.78, 5) is 0. The molecule has 3 atom stereocenters. The summed E-state index contributed by atoms with van der Waals surface area (Å²) < 4.78 is 5.22. The van der Waals surface area contributed by atoms with Crippen LogP contribution in [0.3, 0.4) is 0 Å². The average molecular weight is 283 g/mol. The van der Waals surface area contributed by atoms with Crippen LogP contribution in [0.15, 0.2) is 24.3 Å². The maximum absolute atomic E-state index is 5.22. The molecule has 0 aliphatic carbocycles. The van der Waals surface area contributed by atoms with Gasteiger partial charge in [-0.2, -0.15) is 23.5 Å². The predicted octanol–water partition coefficient (Wildman–Crippen LogP) is 3.19. The molecule has 1 N–H and O–H groups in total. The molecule has 1 aromatic rings. The first-order valence-corrected chi connectivity index (χ1v) is 8.40. The van der Waals surface area contributed by atoms with Gasteiger partial charge in [-0.3, -0.25) is 0 Å². The van der Waals surface area contributed by atoms with Crippen LogP contribution in [-0.2, 0) is 0 Å². The molecule has 1 heterocycles. The third kappa shape index (κ3) is 3.16. The first kappa shape index (κ1) is 14.1. The molecule has 1 aromatic carbocycles. The fourth-order valence-corrected chi connectivity index (χ4v) is 5.34. The molecule has 18 heavy (non-hydrogen) atoms. The number of benzene rings is 1. The van der Waals surface area contributed by atoms with Gasteiger partial charge in [0.1, 0.15) is 5.75 Å². The molecule has 100 valence electrons. The number of hydrogen-bond acceptors (Lipinski definition) is 4. The lowest BCUT2D eigenvalue weighted by Crippen LogP contribution is -2.36. The van der Waals surface area contributed by atoms with Crippen molar-refractivity contribution in [3.8, 4) is 5.75 Å². The molecule has 3 unspecified atom stereocenters. The van der Waals surface area contributed by atoms with E-state index in [1.807, 2.05) is 12.1 Å². The number of rotatable bonds is 4. The molecule has 0 radical (unpaired) electrons. The van der Waals surface area contributed by atoms with Gasteiger partial charge in [0.2, 0.25) is 0 Å². The Labute approximate surface area is 118 Å². The zero-order valence-electron chi connectivity index (χ0n) is 11.2. The van der Waals surface area contributed by atoms with Gasteiger partial charge in [0, 0.05) is 28.0 Å². The largest absolute Gasteiger partial charge is 0.497 e. The quantitative estimate of drug-likeness (QED) is 0.916. The minimum atomic E-state index is 0.420. The van der Waals surface area contributed by atoms with E-state index in [2.05, 4.69) is 54.9 Å². The van der Waals surface area contributed by atoms with E-state index in [-0.39, 0.29) is 0 Å². The summed E-state index contributed by atoms with van der Waals surface area (Å²) in [6, 6.07) is 8.86. The van der Waals surface area contributed by atoms with Crippen molar-refractivity contribution in [1.82, 2.24) is 5.32 Å². The molecule has 1 aliphatic heterocycles. The van der Waals surface area contributed by atoms with Crippen molar-refractivity contribution in [1.29, 1.82) is 0 Å². The Morgan fingerprint density at radius 2 is 1.89 bits per heavy atom. The lowest BCUT2D eigenvalue weighted by molar-refractivity contribution is 0.414. The zero-order valence-corrected chi connectivity index (χ0v) is 12.8. The normalized spacial score (nSPS) is 25.7. The van der Waals surface area contributed by atoms with E-state index in [9.17, 15) is 0 Å². The Morgan fingerprint density at radius 3 is 2.44 bits per heavy atom. The highest BCUT2D eigenvalue weighted by atomic mass is 32.2. The molecule has 4 heteroatoms. The topological polar surface area (TPSA) is 21.3 Å². The van der Waals surface area contributed by atoms with Crippen molar-refractivity contribution >= 4 is 23.5 Å². The Hall–Kier alpha value is -0.320. The minimum Gasteiger partial charge on any atom is -0.497 e. The van der Waals surface area contributed by atoms with Crippen molar-refractivity contribution in [2.45, 2.75) is 23.5 Å². The maximum atomic E-state index is 5.22. The van der Waals surface area contributed by atoms with E-state index in [1.54, 1.807) is 7.11 Å². The van der Waals surface area contributed by atoms with Crippen molar-refractivity contribution in [2.24, 2.45) is 0 Å². The monoisotopic (exact) mass is 283 g/mol. The smallest absolute Gasteiger partial charge is 0.118 e. The maximum Gasteiger partial charge on any atom is 0.118 e. The fourth-order valence-electron chi connectivity index (χ4n) is 2.35. The molecule has 0 amide bonds. The van der Waals surface area contributed by atoms with E-state index in [4.69, 9.17) is 4.74 Å². The van der Waals surface area contributed by atoms with Crippen LogP contribution >= 0.6 is 23.5 Å². The Morgan fingerprint density at radius 1 is 1.22 bits per heavy atom. The first-order chi connectivity index (χ1) is 8.76. The van der Waals surface area contributed by atoms with E-state index < -0.39 is 0 Å². The van der Waals surface area contributed by atoms with E-state index in [1.165, 1.54) is 17.1 Å². The van der Waals surface area contributed by atoms with Gasteiger partial charge in [-0.15, -0.1) is 0 Å². The van der Waals surface area contributed by atoms with Gasteiger partial charge in [0.25, 0.3) is 0 Å². The van der Waals surface area contributed by atoms with Crippen molar-refractivity contribution < 1.29 is 4.74 Å². The number of hydrogen-bond donors (Lipinski definition) is 1. The molecule has 1 saturated heterocycles. The molecule has 2 rings (SSSR count). The number of nitrogens with one attached hydrogen (secondary N) is 1. The van der Waals surface area contributed by atoms with Gasteiger partial charge in [-0.25, -0.2) is 0 Å². The van der Waals surface area contributed by atoms with Crippen molar-refractivity contribution in [3.63, 3.8) is 0 Å². The van der Waals surface area contributed by atoms with Gasteiger partial charge >= 0.3 is 0 Å². The van der Waals surface area contributed by atoms with Crippen LogP contribution < -0.4 is 10.1 Å². The summed E-state index contributed by atoms with van der Waals surface area (Å²) >= 11 is 4.18. The van der Waals surface area contributed by atoms with Gasteiger partial charge in [0.15, 0.2) is 0 Å². The van der Waals surface area contributed by atoms with Crippen LogP contribution in [0.1, 0.15) is 18.5 Å². The second kappa shape index (κ2) is 6.73. The van der Waals surface area contributed by atoms with Crippen LogP contribution in [0.4, 0.5) is 0 Å². The lowest BCUT2D eigenvalue weighted by atomic mass is 10.0. The summed E-state index contributed by atoms with van der Waals surface area (Å²) in [5.41, 5.74) is 1.35. The lowest BCUT2D eigenvalue weighted by Gasteiger charge is -2.34. The summed E-state index contributed by atoms with van der Waals surface area (Å²) in [5, 5.41) is 4.82. The molecule has 1 fully saturated rings. The molecule has 0 saturated carbocycles. The SMILES string of the molecule is CNC(c1ccc(OC)cc1)C1SCCSC1C. The number of methoxy groups -OCH3 is 1. The first-order valence-electron chi connectivity index (χ1n) is 6.30. The molecule has 0 aromatic heterocycles. The summed E-state index contributed by atoms with van der Waals surface area (Å²) in [5.74, 6) is 3.46. The average Bonchev–Trinajstić information content (AvgIpc) is 2.42. The van der Waals surface area contributed by atoms with Gasteiger partial charge in [0.05, 0.1) is 7.11 Å². The van der Waals surface area contributed by atoms with Crippen LogP contribution in [-0.4, -0.2) is 36.2 Å². The second-order valence-corrected chi connectivity index (χ2v) is 7.22. The van der Waals surface area contributed by atoms with Crippen LogP contribution in [0.5, 0.6) is 5.75 Å². The molecule has 0 spiro atoms. The van der Waals surface area contributed by atoms with E-state index >= 15 is 0 Å². The number of ether oxygens (including phenoxy) is 1. The van der Waals surface area contributed by atoms with E-state index in [0.717, 1.165) is 5.75 Å². The minimum absolute atomic E-state index is 0.420. The summed E-state index contributed by atoms with van der Waals surface area (Å²) in [6.07, 6.45) is 0. The highest BCUT2D eigenvalue weighted by Crippen LogP contribution is 2.38. The van der Waals surface area contributed by atoms with Gasteiger partial charge in [-0.1, -0.05) is 19.1 Å².